The van der Waals surface area contributed by atoms with Crippen molar-refractivity contribution in [2.45, 2.75) is 19.5 Å². The molecule has 0 N–H and O–H groups in total. The number of fused-ring (bicyclic) bond motifs is 1. The predicted molar refractivity (Wildman–Crippen MR) is 91.4 cm³/mol. The normalized spacial score (nSPS) is 18.7. The maximum Gasteiger partial charge on any atom is 0.224 e. The molecule has 0 aliphatic carbocycles. The van der Waals surface area contributed by atoms with Crippen LogP contribution in [0.25, 0.3) is 10.2 Å². The summed E-state index contributed by atoms with van der Waals surface area (Å²) in [6, 6.07) is 2.19. The summed E-state index contributed by atoms with van der Waals surface area (Å²) in [4.78, 5) is 11.2. The van der Waals surface area contributed by atoms with Crippen LogP contribution in [0.2, 0.25) is 5.28 Å². The van der Waals surface area contributed by atoms with E-state index in [1.807, 2.05) is 16.9 Å². The van der Waals surface area contributed by atoms with Gasteiger partial charge in [-0.25, -0.2) is 4.98 Å². The number of ether oxygens (including phenoxy) is 1. The van der Waals surface area contributed by atoms with Gasteiger partial charge in [-0.3, -0.25) is 4.68 Å². The molecule has 0 bridgehead atoms. The van der Waals surface area contributed by atoms with E-state index in [-0.39, 0.29) is 11.3 Å². The SMILES string of the molecule is CC1COCCN1c1nc(Cl)nc2c(Cn3cccn3)csc12. The smallest absolute Gasteiger partial charge is 0.224 e. The fourth-order valence-corrected chi connectivity index (χ4v) is 4.01. The van der Waals surface area contributed by atoms with Crippen molar-refractivity contribution in [2.24, 2.45) is 0 Å². The summed E-state index contributed by atoms with van der Waals surface area (Å²) in [7, 11) is 0. The monoisotopic (exact) mass is 349 g/mol. The molecule has 23 heavy (non-hydrogen) atoms. The molecule has 0 spiro atoms. The lowest BCUT2D eigenvalue weighted by Crippen LogP contribution is -2.44. The second-order valence-corrected chi connectivity index (χ2v) is 6.79. The van der Waals surface area contributed by atoms with Gasteiger partial charge >= 0.3 is 0 Å². The molecule has 4 heterocycles. The van der Waals surface area contributed by atoms with Crippen molar-refractivity contribution in [1.29, 1.82) is 0 Å². The van der Waals surface area contributed by atoms with Crippen molar-refractivity contribution in [3.63, 3.8) is 0 Å². The third kappa shape index (κ3) is 2.80. The topological polar surface area (TPSA) is 56.1 Å². The first-order valence-corrected chi connectivity index (χ1v) is 8.73. The van der Waals surface area contributed by atoms with Crippen LogP contribution in [0.5, 0.6) is 0 Å². The Kier molecular flexibility index (Phi) is 3.92. The Hall–Kier alpha value is -1.70. The number of halogens is 1. The number of nitrogens with zero attached hydrogens (tertiary/aromatic N) is 5. The molecule has 1 aliphatic rings. The van der Waals surface area contributed by atoms with Crippen molar-refractivity contribution in [2.75, 3.05) is 24.7 Å². The molecule has 120 valence electrons. The van der Waals surface area contributed by atoms with E-state index in [4.69, 9.17) is 16.3 Å². The number of morpholine rings is 1. The molecular formula is C15H16ClN5OS. The Morgan fingerprint density at radius 2 is 2.35 bits per heavy atom. The number of thiophene rings is 1. The average molecular weight is 350 g/mol. The molecule has 1 unspecified atom stereocenters. The fourth-order valence-electron chi connectivity index (χ4n) is 2.84. The van der Waals surface area contributed by atoms with E-state index in [1.165, 1.54) is 0 Å². The third-order valence-electron chi connectivity index (χ3n) is 3.97. The van der Waals surface area contributed by atoms with Gasteiger partial charge in [0.15, 0.2) is 5.82 Å². The first kappa shape index (κ1) is 14.9. The molecule has 1 atom stereocenters. The minimum Gasteiger partial charge on any atom is -0.377 e. The van der Waals surface area contributed by atoms with E-state index in [1.54, 1.807) is 17.5 Å². The Morgan fingerprint density at radius 3 is 3.13 bits per heavy atom. The van der Waals surface area contributed by atoms with Crippen molar-refractivity contribution in [1.82, 2.24) is 19.7 Å². The summed E-state index contributed by atoms with van der Waals surface area (Å²) in [5, 5.41) is 6.66. The highest BCUT2D eigenvalue weighted by molar-refractivity contribution is 7.18. The van der Waals surface area contributed by atoms with Crippen LogP contribution in [-0.4, -0.2) is 45.5 Å². The largest absolute Gasteiger partial charge is 0.377 e. The van der Waals surface area contributed by atoms with Gasteiger partial charge in [0, 0.05) is 24.5 Å². The fraction of sp³-hybridized carbons (Fsp3) is 0.400. The van der Waals surface area contributed by atoms with E-state index < -0.39 is 0 Å². The van der Waals surface area contributed by atoms with Crippen molar-refractivity contribution in [3.05, 3.63) is 34.7 Å². The Morgan fingerprint density at radius 1 is 1.43 bits per heavy atom. The lowest BCUT2D eigenvalue weighted by molar-refractivity contribution is 0.0987. The first-order valence-electron chi connectivity index (χ1n) is 7.48. The van der Waals surface area contributed by atoms with Gasteiger partial charge in [0.25, 0.3) is 0 Å². The van der Waals surface area contributed by atoms with Crippen LogP contribution in [0.3, 0.4) is 0 Å². The van der Waals surface area contributed by atoms with Crippen LogP contribution < -0.4 is 4.90 Å². The zero-order valence-corrected chi connectivity index (χ0v) is 14.2. The van der Waals surface area contributed by atoms with Crippen LogP contribution in [0.15, 0.2) is 23.8 Å². The van der Waals surface area contributed by atoms with Gasteiger partial charge in [-0.15, -0.1) is 11.3 Å². The highest BCUT2D eigenvalue weighted by Crippen LogP contribution is 2.34. The Balaban J connectivity index is 1.78. The van der Waals surface area contributed by atoms with Crippen LogP contribution in [-0.2, 0) is 11.3 Å². The van der Waals surface area contributed by atoms with Crippen LogP contribution in [0.1, 0.15) is 12.5 Å². The van der Waals surface area contributed by atoms with E-state index in [2.05, 4.69) is 32.3 Å². The molecular weight excluding hydrogens is 334 g/mol. The van der Waals surface area contributed by atoms with Gasteiger partial charge in [-0.05, 0) is 30.0 Å². The molecule has 8 heteroatoms. The van der Waals surface area contributed by atoms with Gasteiger partial charge in [0.1, 0.15) is 0 Å². The van der Waals surface area contributed by atoms with E-state index >= 15 is 0 Å². The summed E-state index contributed by atoms with van der Waals surface area (Å²) in [6.45, 7) is 5.04. The lowest BCUT2D eigenvalue weighted by atomic mass is 10.2. The van der Waals surface area contributed by atoms with Gasteiger partial charge in [-0.1, -0.05) is 0 Å². The highest BCUT2D eigenvalue weighted by atomic mass is 35.5. The predicted octanol–water partition coefficient (Wildman–Crippen LogP) is 2.81. The zero-order valence-electron chi connectivity index (χ0n) is 12.6. The van der Waals surface area contributed by atoms with Gasteiger partial charge in [0.2, 0.25) is 5.28 Å². The second kappa shape index (κ2) is 6.07. The molecule has 0 amide bonds. The molecule has 1 aliphatic heterocycles. The molecule has 3 aromatic heterocycles. The maximum absolute atomic E-state index is 6.20. The van der Waals surface area contributed by atoms with Crippen molar-refractivity contribution >= 4 is 39.0 Å². The number of aromatic nitrogens is 4. The van der Waals surface area contributed by atoms with E-state index in [0.717, 1.165) is 28.1 Å². The minimum absolute atomic E-state index is 0.273. The first-order chi connectivity index (χ1) is 11.2. The van der Waals surface area contributed by atoms with Gasteiger partial charge < -0.3 is 9.64 Å². The summed E-state index contributed by atoms with van der Waals surface area (Å²) in [5.74, 6) is 0.910. The standard InChI is InChI=1S/C15H16ClN5OS/c1-10-8-22-6-5-21(10)14-13-12(18-15(16)19-14)11(9-23-13)7-20-4-2-3-17-20/h2-4,9-10H,5-8H2,1H3. The highest BCUT2D eigenvalue weighted by Gasteiger charge is 2.24. The summed E-state index contributed by atoms with van der Waals surface area (Å²) in [5.41, 5.74) is 2.03. The van der Waals surface area contributed by atoms with E-state index in [0.29, 0.717) is 19.8 Å². The summed E-state index contributed by atoms with van der Waals surface area (Å²) in [6.07, 6.45) is 3.72. The Bertz CT molecular complexity index is 819. The Labute approximate surface area is 142 Å². The molecule has 1 saturated heterocycles. The molecule has 4 rings (SSSR count). The molecule has 6 nitrogen and oxygen atoms in total. The van der Waals surface area contributed by atoms with E-state index in [9.17, 15) is 0 Å². The molecule has 0 saturated carbocycles. The summed E-state index contributed by atoms with van der Waals surface area (Å²) < 4.78 is 8.48. The number of hydrogen-bond donors (Lipinski definition) is 0. The zero-order chi connectivity index (χ0) is 15.8. The van der Waals surface area contributed by atoms with Crippen molar-refractivity contribution in [3.8, 4) is 0 Å². The minimum atomic E-state index is 0.273. The average Bonchev–Trinajstić information content (AvgIpc) is 3.18. The lowest BCUT2D eigenvalue weighted by Gasteiger charge is -2.34. The second-order valence-electron chi connectivity index (χ2n) is 5.58. The van der Waals surface area contributed by atoms with Crippen LogP contribution >= 0.6 is 22.9 Å². The molecule has 0 aromatic carbocycles. The number of rotatable bonds is 3. The summed E-state index contributed by atoms with van der Waals surface area (Å²) >= 11 is 7.86. The molecule has 0 radical (unpaired) electrons. The molecule has 3 aromatic rings. The number of anilines is 1. The van der Waals surface area contributed by atoms with Gasteiger partial charge in [0.05, 0.1) is 36.0 Å². The van der Waals surface area contributed by atoms with Gasteiger partial charge in [-0.2, -0.15) is 10.1 Å². The van der Waals surface area contributed by atoms with Crippen LogP contribution in [0, 0.1) is 0 Å². The number of hydrogen-bond acceptors (Lipinski definition) is 6. The van der Waals surface area contributed by atoms with Crippen molar-refractivity contribution < 1.29 is 4.74 Å². The maximum atomic E-state index is 6.20. The van der Waals surface area contributed by atoms with Crippen LogP contribution in [0.4, 0.5) is 5.82 Å². The quantitative estimate of drug-likeness (QED) is 0.680. The molecule has 1 fully saturated rings. The third-order valence-corrected chi connectivity index (χ3v) is 5.16.